The molecule has 2 aromatic rings. The molecule has 2 rings (SSSR count). The largest absolute Gasteiger partial charge is 0.300 e. The van der Waals surface area contributed by atoms with Gasteiger partial charge in [-0.1, -0.05) is 6.07 Å². The lowest BCUT2D eigenvalue weighted by atomic mass is 10.1. The van der Waals surface area contributed by atoms with E-state index in [0.29, 0.717) is 0 Å². The van der Waals surface area contributed by atoms with Crippen molar-refractivity contribution in [3.05, 3.63) is 46.2 Å². The van der Waals surface area contributed by atoms with Gasteiger partial charge in [-0.2, -0.15) is 0 Å². The van der Waals surface area contributed by atoms with E-state index in [1.165, 1.54) is 10.6 Å². The summed E-state index contributed by atoms with van der Waals surface area (Å²) in [6, 6.07) is 4.13. The summed E-state index contributed by atoms with van der Waals surface area (Å²) < 4.78 is 0. The fraction of sp³-hybridized carbons (Fsp3) is 0.429. The number of hydrogen-bond acceptors (Lipinski definition) is 4. The Labute approximate surface area is 113 Å². The molecule has 0 spiro atoms. The van der Waals surface area contributed by atoms with Crippen LogP contribution in [-0.4, -0.2) is 28.5 Å². The number of nitrogens with zero attached hydrogens (tertiary/aromatic N) is 3. The van der Waals surface area contributed by atoms with E-state index in [-0.39, 0.29) is 0 Å². The SMILES string of the molecule is Cc1csc(CN(C)CCCc2cccnc2)n1. The van der Waals surface area contributed by atoms with Gasteiger partial charge in [0.05, 0.1) is 6.54 Å². The zero-order valence-electron chi connectivity index (χ0n) is 11.0. The molecule has 0 fully saturated rings. The van der Waals surface area contributed by atoms with E-state index in [4.69, 9.17) is 0 Å². The Balaban J connectivity index is 1.70. The lowest BCUT2D eigenvalue weighted by Crippen LogP contribution is -2.19. The van der Waals surface area contributed by atoms with E-state index in [1.54, 1.807) is 11.3 Å². The smallest absolute Gasteiger partial charge is 0.107 e. The Morgan fingerprint density at radius 3 is 2.94 bits per heavy atom. The van der Waals surface area contributed by atoms with E-state index in [0.717, 1.165) is 31.6 Å². The maximum atomic E-state index is 4.48. The predicted octanol–water partition coefficient (Wildman–Crippen LogP) is 2.91. The van der Waals surface area contributed by atoms with Crippen LogP contribution in [0, 0.1) is 6.92 Å². The van der Waals surface area contributed by atoms with Gasteiger partial charge in [-0.25, -0.2) is 4.98 Å². The second-order valence-corrected chi connectivity index (χ2v) is 5.53. The van der Waals surface area contributed by atoms with E-state index >= 15 is 0 Å². The summed E-state index contributed by atoms with van der Waals surface area (Å²) >= 11 is 1.74. The van der Waals surface area contributed by atoms with Crippen LogP contribution in [0.25, 0.3) is 0 Å². The monoisotopic (exact) mass is 261 g/mol. The normalized spacial score (nSPS) is 11.1. The second kappa shape index (κ2) is 6.61. The summed E-state index contributed by atoms with van der Waals surface area (Å²) in [7, 11) is 2.15. The summed E-state index contributed by atoms with van der Waals surface area (Å²) in [5.74, 6) is 0. The Morgan fingerprint density at radius 2 is 2.28 bits per heavy atom. The van der Waals surface area contributed by atoms with Crippen molar-refractivity contribution in [3.63, 3.8) is 0 Å². The molecule has 0 amide bonds. The molecule has 0 N–H and O–H groups in total. The van der Waals surface area contributed by atoms with Gasteiger partial charge in [0.15, 0.2) is 0 Å². The van der Waals surface area contributed by atoms with Crippen LogP contribution in [0.4, 0.5) is 0 Å². The topological polar surface area (TPSA) is 29.0 Å². The molecule has 4 heteroatoms. The Kier molecular flexibility index (Phi) is 4.84. The van der Waals surface area contributed by atoms with Crippen molar-refractivity contribution in [2.24, 2.45) is 0 Å². The fourth-order valence-electron chi connectivity index (χ4n) is 1.88. The van der Waals surface area contributed by atoms with Crippen molar-refractivity contribution in [1.29, 1.82) is 0 Å². The van der Waals surface area contributed by atoms with Gasteiger partial charge in [-0.3, -0.25) is 9.88 Å². The predicted molar refractivity (Wildman–Crippen MR) is 75.7 cm³/mol. The van der Waals surface area contributed by atoms with Crippen molar-refractivity contribution in [3.8, 4) is 0 Å². The molecule has 0 saturated heterocycles. The number of rotatable bonds is 6. The average molecular weight is 261 g/mol. The number of pyridine rings is 1. The van der Waals surface area contributed by atoms with Crippen LogP contribution in [-0.2, 0) is 13.0 Å². The summed E-state index contributed by atoms with van der Waals surface area (Å²) in [5, 5.41) is 3.31. The molecular weight excluding hydrogens is 242 g/mol. The summed E-state index contributed by atoms with van der Waals surface area (Å²) in [6.07, 6.45) is 6.02. The van der Waals surface area contributed by atoms with E-state index < -0.39 is 0 Å². The minimum Gasteiger partial charge on any atom is -0.300 e. The Hall–Kier alpha value is -1.26. The van der Waals surface area contributed by atoms with Gasteiger partial charge in [0, 0.05) is 23.5 Å². The molecule has 0 saturated carbocycles. The number of aromatic nitrogens is 2. The summed E-state index contributed by atoms with van der Waals surface area (Å²) in [6.45, 7) is 4.08. The Bertz CT molecular complexity index is 467. The van der Waals surface area contributed by atoms with E-state index in [9.17, 15) is 0 Å². The molecule has 0 bridgehead atoms. The van der Waals surface area contributed by atoms with Gasteiger partial charge in [0.25, 0.3) is 0 Å². The molecule has 18 heavy (non-hydrogen) atoms. The van der Waals surface area contributed by atoms with E-state index in [1.807, 2.05) is 25.4 Å². The first-order valence-electron chi connectivity index (χ1n) is 6.22. The molecule has 0 aliphatic heterocycles. The first-order chi connectivity index (χ1) is 8.74. The summed E-state index contributed by atoms with van der Waals surface area (Å²) in [5.41, 5.74) is 2.44. The number of aryl methyl sites for hydroxylation is 2. The van der Waals surface area contributed by atoms with Crippen LogP contribution < -0.4 is 0 Å². The van der Waals surface area contributed by atoms with Crippen LogP contribution in [0.5, 0.6) is 0 Å². The molecule has 3 nitrogen and oxygen atoms in total. The van der Waals surface area contributed by atoms with Gasteiger partial charge in [-0.15, -0.1) is 11.3 Å². The van der Waals surface area contributed by atoms with Crippen molar-refractivity contribution in [1.82, 2.24) is 14.9 Å². The molecule has 0 unspecified atom stereocenters. The van der Waals surface area contributed by atoms with Crippen molar-refractivity contribution >= 4 is 11.3 Å². The highest BCUT2D eigenvalue weighted by molar-refractivity contribution is 7.09. The molecule has 0 atom stereocenters. The molecule has 0 aromatic carbocycles. The highest BCUT2D eigenvalue weighted by Crippen LogP contribution is 2.11. The zero-order valence-corrected chi connectivity index (χ0v) is 11.8. The third kappa shape index (κ3) is 4.20. The third-order valence-corrected chi connectivity index (χ3v) is 3.75. The quantitative estimate of drug-likeness (QED) is 0.800. The first-order valence-corrected chi connectivity index (χ1v) is 7.10. The van der Waals surface area contributed by atoms with Crippen LogP contribution in [0.2, 0.25) is 0 Å². The third-order valence-electron chi connectivity index (χ3n) is 2.80. The van der Waals surface area contributed by atoms with Crippen LogP contribution in [0.1, 0.15) is 22.7 Å². The number of thiazole rings is 1. The lowest BCUT2D eigenvalue weighted by molar-refractivity contribution is 0.321. The molecule has 0 aliphatic rings. The fourth-order valence-corrected chi connectivity index (χ4v) is 2.74. The lowest BCUT2D eigenvalue weighted by Gasteiger charge is -2.14. The standard InChI is InChI=1S/C14H19N3S/c1-12-11-18-14(16-12)10-17(2)8-4-6-13-5-3-7-15-9-13/h3,5,7,9,11H,4,6,8,10H2,1-2H3. The zero-order chi connectivity index (χ0) is 12.8. The van der Waals surface area contributed by atoms with Crippen LogP contribution >= 0.6 is 11.3 Å². The first kappa shape index (κ1) is 13.2. The molecule has 2 aromatic heterocycles. The minimum absolute atomic E-state index is 0.950. The van der Waals surface area contributed by atoms with Crippen molar-refractivity contribution < 1.29 is 0 Å². The van der Waals surface area contributed by atoms with Gasteiger partial charge in [0.2, 0.25) is 0 Å². The van der Waals surface area contributed by atoms with Crippen LogP contribution in [0.15, 0.2) is 29.9 Å². The molecular formula is C14H19N3S. The van der Waals surface area contributed by atoms with Gasteiger partial charge in [0.1, 0.15) is 5.01 Å². The molecule has 0 radical (unpaired) electrons. The highest BCUT2D eigenvalue weighted by atomic mass is 32.1. The molecule has 2 heterocycles. The van der Waals surface area contributed by atoms with Gasteiger partial charge >= 0.3 is 0 Å². The van der Waals surface area contributed by atoms with Gasteiger partial charge in [-0.05, 0) is 45.0 Å². The van der Waals surface area contributed by atoms with Crippen LogP contribution in [0.3, 0.4) is 0 Å². The van der Waals surface area contributed by atoms with Crippen molar-refractivity contribution in [2.45, 2.75) is 26.3 Å². The highest BCUT2D eigenvalue weighted by Gasteiger charge is 2.03. The maximum absolute atomic E-state index is 4.48. The number of hydrogen-bond donors (Lipinski definition) is 0. The second-order valence-electron chi connectivity index (χ2n) is 4.59. The van der Waals surface area contributed by atoms with Gasteiger partial charge < -0.3 is 0 Å². The minimum atomic E-state index is 0.950. The van der Waals surface area contributed by atoms with E-state index in [2.05, 4.69) is 33.4 Å². The molecule has 0 aliphatic carbocycles. The average Bonchev–Trinajstić information content (AvgIpc) is 2.76. The Morgan fingerprint density at radius 1 is 1.39 bits per heavy atom. The summed E-state index contributed by atoms with van der Waals surface area (Å²) in [4.78, 5) is 10.9. The maximum Gasteiger partial charge on any atom is 0.107 e. The molecule has 96 valence electrons. The van der Waals surface area contributed by atoms with Crippen molar-refractivity contribution in [2.75, 3.05) is 13.6 Å².